The number of hydrogen-bond acceptors (Lipinski definition) is 3. The van der Waals surface area contributed by atoms with Gasteiger partial charge in [-0.05, 0) is 55.5 Å². The summed E-state index contributed by atoms with van der Waals surface area (Å²) < 4.78 is 10.7. The third-order valence-corrected chi connectivity index (χ3v) is 3.11. The van der Waals surface area contributed by atoms with E-state index in [1.165, 1.54) is 5.56 Å². The summed E-state index contributed by atoms with van der Waals surface area (Å²) in [5.74, 6) is 2.39. The summed E-state index contributed by atoms with van der Waals surface area (Å²) in [7, 11) is 3.40. The molecule has 0 aliphatic carbocycles. The number of nitrogens with two attached hydrogens (primary N) is 1. The molecule has 1 atom stereocenters. The lowest BCUT2D eigenvalue weighted by molar-refractivity contribution is 0.394. The molecule has 1 aromatic rings. The van der Waals surface area contributed by atoms with Gasteiger partial charge in [0, 0.05) is 0 Å². The molecular formula is C14H23NO2. The Morgan fingerprint density at radius 3 is 2.35 bits per heavy atom. The third kappa shape index (κ3) is 3.63. The van der Waals surface area contributed by atoms with Gasteiger partial charge in [-0.2, -0.15) is 0 Å². The summed E-state index contributed by atoms with van der Waals surface area (Å²) in [6.45, 7) is 4.91. The highest BCUT2D eigenvalue weighted by Crippen LogP contribution is 2.29. The molecule has 0 radical (unpaired) electrons. The van der Waals surface area contributed by atoms with Crippen LogP contribution in [0, 0.1) is 12.8 Å². The van der Waals surface area contributed by atoms with Gasteiger partial charge in [0.05, 0.1) is 14.2 Å². The fourth-order valence-electron chi connectivity index (χ4n) is 1.83. The summed E-state index contributed by atoms with van der Waals surface area (Å²) in [6.07, 6.45) is 2.04. The highest BCUT2D eigenvalue weighted by atomic mass is 16.5. The zero-order chi connectivity index (χ0) is 12.8. The molecule has 0 aliphatic rings. The minimum Gasteiger partial charge on any atom is -0.496 e. The summed E-state index contributed by atoms with van der Waals surface area (Å²) in [4.78, 5) is 0. The van der Waals surface area contributed by atoms with Crippen LogP contribution < -0.4 is 15.2 Å². The summed E-state index contributed by atoms with van der Waals surface area (Å²) in [6, 6.07) is 4.10. The van der Waals surface area contributed by atoms with Crippen LogP contribution in [0.5, 0.6) is 11.5 Å². The van der Waals surface area contributed by atoms with Crippen molar-refractivity contribution in [2.45, 2.75) is 26.7 Å². The maximum atomic E-state index is 5.63. The maximum absolute atomic E-state index is 5.63. The van der Waals surface area contributed by atoms with E-state index in [0.29, 0.717) is 5.92 Å². The molecule has 0 fully saturated rings. The second-order valence-electron chi connectivity index (χ2n) is 4.51. The molecule has 0 amide bonds. The summed E-state index contributed by atoms with van der Waals surface area (Å²) in [5, 5.41) is 0. The summed E-state index contributed by atoms with van der Waals surface area (Å²) in [5.41, 5.74) is 7.92. The molecule has 3 nitrogen and oxygen atoms in total. The second-order valence-corrected chi connectivity index (χ2v) is 4.51. The van der Waals surface area contributed by atoms with Crippen LogP contribution >= 0.6 is 0 Å². The van der Waals surface area contributed by atoms with Crippen molar-refractivity contribution in [3.05, 3.63) is 23.3 Å². The van der Waals surface area contributed by atoms with Gasteiger partial charge in [0.25, 0.3) is 0 Å². The topological polar surface area (TPSA) is 44.5 Å². The zero-order valence-corrected chi connectivity index (χ0v) is 11.2. The van der Waals surface area contributed by atoms with Gasteiger partial charge in [0.1, 0.15) is 11.5 Å². The fraction of sp³-hybridized carbons (Fsp3) is 0.571. The lowest BCUT2D eigenvalue weighted by Crippen LogP contribution is -2.11. The van der Waals surface area contributed by atoms with Crippen molar-refractivity contribution in [1.82, 2.24) is 0 Å². The van der Waals surface area contributed by atoms with E-state index < -0.39 is 0 Å². The standard InChI is InChI=1S/C14H23NO2/c1-10(9-15)5-6-12-8-13(16-3)11(2)7-14(12)17-4/h7-8,10H,5-6,9,15H2,1-4H3. The lowest BCUT2D eigenvalue weighted by atomic mass is 9.99. The van der Waals surface area contributed by atoms with Gasteiger partial charge in [-0.25, -0.2) is 0 Å². The molecule has 0 spiro atoms. The predicted molar refractivity (Wildman–Crippen MR) is 70.8 cm³/mol. The van der Waals surface area contributed by atoms with Gasteiger partial charge in [0.15, 0.2) is 0 Å². The van der Waals surface area contributed by atoms with Crippen LogP contribution in [0.25, 0.3) is 0 Å². The van der Waals surface area contributed by atoms with E-state index in [2.05, 4.69) is 13.0 Å². The largest absolute Gasteiger partial charge is 0.496 e. The average Bonchev–Trinajstić information content (AvgIpc) is 2.36. The van der Waals surface area contributed by atoms with Gasteiger partial charge in [0.2, 0.25) is 0 Å². The molecule has 0 saturated carbocycles. The smallest absolute Gasteiger partial charge is 0.122 e. The van der Waals surface area contributed by atoms with Crippen LogP contribution in [0.4, 0.5) is 0 Å². The van der Waals surface area contributed by atoms with Crippen LogP contribution in [0.2, 0.25) is 0 Å². The highest BCUT2D eigenvalue weighted by molar-refractivity contribution is 5.46. The van der Waals surface area contributed by atoms with Crippen LogP contribution in [-0.4, -0.2) is 20.8 Å². The van der Waals surface area contributed by atoms with Crippen molar-refractivity contribution in [3.8, 4) is 11.5 Å². The first-order valence-corrected chi connectivity index (χ1v) is 6.04. The Kier molecular flexibility index (Phi) is 5.29. The Balaban J connectivity index is 2.88. The normalized spacial score (nSPS) is 12.3. The molecular weight excluding hydrogens is 214 g/mol. The Labute approximate surface area is 104 Å². The zero-order valence-electron chi connectivity index (χ0n) is 11.2. The molecule has 2 N–H and O–H groups in total. The number of aryl methyl sites for hydroxylation is 2. The molecule has 96 valence electrons. The highest BCUT2D eigenvalue weighted by Gasteiger charge is 2.09. The average molecular weight is 237 g/mol. The molecule has 0 saturated heterocycles. The number of hydrogen-bond donors (Lipinski definition) is 1. The second kappa shape index (κ2) is 6.50. The van der Waals surface area contributed by atoms with Crippen molar-refractivity contribution < 1.29 is 9.47 Å². The van der Waals surface area contributed by atoms with E-state index in [1.54, 1.807) is 14.2 Å². The van der Waals surface area contributed by atoms with Gasteiger partial charge in [-0.3, -0.25) is 0 Å². The molecule has 0 aliphatic heterocycles. The first-order valence-electron chi connectivity index (χ1n) is 6.04. The molecule has 1 rings (SSSR count). The van der Waals surface area contributed by atoms with E-state index in [9.17, 15) is 0 Å². The maximum Gasteiger partial charge on any atom is 0.122 e. The quantitative estimate of drug-likeness (QED) is 0.827. The molecule has 1 aromatic carbocycles. The van der Waals surface area contributed by atoms with Crippen LogP contribution in [0.15, 0.2) is 12.1 Å². The van der Waals surface area contributed by atoms with E-state index in [-0.39, 0.29) is 0 Å². The van der Waals surface area contributed by atoms with Gasteiger partial charge >= 0.3 is 0 Å². The van der Waals surface area contributed by atoms with E-state index >= 15 is 0 Å². The minimum absolute atomic E-state index is 0.534. The Morgan fingerprint density at radius 2 is 1.82 bits per heavy atom. The number of rotatable bonds is 6. The lowest BCUT2D eigenvalue weighted by Gasteiger charge is -2.14. The number of methoxy groups -OCH3 is 2. The molecule has 3 heteroatoms. The van der Waals surface area contributed by atoms with Crippen LogP contribution in [0.3, 0.4) is 0 Å². The van der Waals surface area contributed by atoms with Crippen molar-refractivity contribution in [1.29, 1.82) is 0 Å². The van der Waals surface area contributed by atoms with E-state index in [4.69, 9.17) is 15.2 Å². The van der Waals surface area contributed by atoms with E-state index in [1.807, 2.05) is 13.0 Å². The van der Waals surface area contributed by atoms with Crippen LogP contribution in [0.1, 0.15) is 24.5 Å². The number of benzene rings is 1. The van der Waals surface area contributed by atoms with Crippen molar-refractivity contribution in [3.63, 3.8) is 0 Å². The molecule has 0 aromatic heterocycles. The van der Waals surface area contributed by atoms with Gasteiger partial charge in [-0.1, -0.05) is 6.92 Å². The monoisotopic (exact) mass is 237 g/mol. The first-order chi connectivity index (χ1) is 8.12. The molecule has 0 bridgehead atoms. The Morgan fingerprint density at radius 1 is 1.18 bits per heavy atom. The molecule has 0 heterocycles. The van der Waals surface area contributed by atoms with Gasteiger partial charge < -0.3 is 15.2 Å². The van der Waals surface area contributed by atoms with Crippen LogP contribution in [-0.2, 0) is 6.42 Å². The first kappa shape index (κ1) is 13.8. The third-order valence-electron chi connectivity index (χ3n) is 3.11. The predicted octanol–water partition coefficient (Wildman–Crippen LogP) is 2.54. The minimum atomic E-state index is 0.534. The number of ether oxygens (including phenoxy) is 2. The molecule has 17 heavy (non-hydrogen) atoms. The molecule has 1 unspecified atom stereocenters. The van der Waals surface area contributed by atoms with Crippen molar-refractivity contribution in [2.24, 2.45) is 11.7 Å². The SMILES string of the molecule is COc1cc(CCC(C)CN)c(OC)cc1C. The van der Waals surface area contributed by atoms with E-state index in [0.717, 1.165) is 36.4 Å². The summed E-state index contributed by atoms with van der Waals surface area (Å²) >= 11 is 0. The fourth-order valence-corrected chi connectivity index (χ4v) is 1.83. The van der Waals surface area contributed by atoms with Crippen molar-refractivity contribution in [2.75, 3.05) is 20.8 Å². The Hall–Kier alpha value is -1.22. The Bertz CT molecular complexity index is 363. The van der Waals surface area contributed by atoms with Gasteiger partial charge in [-0.15, -0.1) is 0 Å². The van der Waals surface area contributed by atoms with Crippen molar-refractivity contribution >= 4 is 0 Å².